The highest BCUT2D eigenvalue weighted by atomic mass is 35.5. The molecule has 18 atom stereocenters. The van der Waals surface area contributed by atoms with E-state index in [1.165, 1.54) is 62.1 Å². The number of primary amides is 1. The Hall–Kier alpha value is -11.6. The number of phenolic OH excluding ortho intramolecular Hbond substituents is 3. The SMILES string of the molecule is CNC(=O)CONC(=O)[C@@H]1NC(=O)[C@H]2NC(=O)[C@H](NC(=O)[C@@H]3NC(=O)[C@H](CC(N)=O)NC(=O)[C@H](NC(=O)[C@@H](CC(C)C)NC)[C@H](O)c4ccc(c(Cl)c4)Oc4cc3cc(c4O[C@@H]3O[C@H](CO)[C@@H](O)[C@H](O)[C@H]3O[C@H]3C[C@](C)(NCCn4ccc(NC(=O)Cc5ccc(Cl)c(Cl)c5)nc4=O)[C@H](O)C(C)O3)Oc3ccc(cc3Cl)[C@H]2O)c2ccc(O)c(c2)-c2c(O)cc(O)cc21. The van der Waals surface area contributed by atoms with Crippen molar-refractivity contribution < 1.29 is 127 Å². The molecule has 128 heavy (non-hydrogen) atoms. The van der Waals surface area contributed by atoms with Gasteiger partial charge in [0.15, 0.2) is 30.5 Å². The van der Waals surface area contributed by atoms with Crippen LogP contribution in [0.25, 0.3) is 11.1 Å². The number of hydrogen-bond donors (Lipinski definition) is 21. The summed E-state index contributed by atoms with van der Waals surface area (Å²) in [6, 6.07) is 4.96. The first-order chi connectivity index (χ1) is 60.7. The minimum absolute atomic E-state index is 0.0486. The summed E-state index contributed by atoms with van der Waals surface area (Å²) in [4.78, 5) is 168. The molecule has 1 aromatic heterocycles. The van der Waals surface area contributed by atoms with E-state index in [1.807, 2.05) is 5.48 Å². The van der Waals surface area contributed by atoms with E-state index in [2.05, 4.69) is 58.2 Å². The van der Waals surface area contributed by atoms with E-state index in [-0.39, 0.29) is 65.3 Å². The average Bonchev–Trinajstić information content (AvgIpc) is 0.776. The number of halogens is 4. The largest absolute Gasteiger partial charge is 0.508 e. The molecule has 2 fully saturated rings. The summed E-state index contributed by atoms with van der Waals surface area (Å²) < 4.78 is 40.6. The van der Waals surface area contributed by atoms with Gasteiger partial charge >= 0.3 is 5.69 Å². The molecule has 45 heteroatoms. The van der Waals surface area contributed by atoms with Crippen molar-refractivity contribution in [3.05, 3.63) is 173 Å². The fraction of sp³-hybridized carbons (Fsp3) is 0.398. The highest BCUT2D eigenvalue weighted by Gasteiger charge is 2.52. The molecule has 0 saturated carbocycles. The van der Waals surface area contributed by atoms with Crippen molar-refractivity contribution in [2.45, 2.75) is 169 Å². The first-order valence-electron chi connectivity index (χ1n) is 39.9. The number of nitrogens with zero attached hydrogens (tertiary/aromatic N) is 2. The van der Waals surface area contributed by atoms with Crippen LogP contribution in [-0.2, 0) is 80.0 Å². The van der Waals surface area contributed by atoms with Crippen molar-refractivity contribution in [2.24, 2.45) is 11.7 Å². The number of hydrogen-bond acceptors (Lipinski definition) is 30. The molecule has 0 radical (unpaired) electrons. The first kappa shape index (κ1) is 95.5. The summed E-state index contributed by atoms with van der Waals surface area (Å²) in [6.07, 6.45) is -18.5. The van der Waals surface area contributed by atoms with Gasteiger partial charge in [0.2, 0.25) is 65.2 Å². The number of nitrogens with one attached hydrogen (secondary N) is 11. The molecule has 7 aliphatic heterocycles. The molecule has 41 nitrogen and oxygen atoms in total. The van der Waals surface area contributed by atoms with E-state index < -0.39 is 277 Å². The molecule has 22 N–H and O–H groups in total. The zero-order valence-electron chi connectivity index (χ0n) is 68.8. The maximum Gasteiger partial charge on any atom is 0.349 e. The molecular formula is C83H92Cl4N14O27. The van der Waals surface area contributed by atoms with Gasteiger partial charge in [0.05, 0.1) is 57.8 Å². The summed E-state index contributed by atoms with van der Waals surface area (Å²) >= 11 is 26.5. The maximum atomic E-state index is 16.4. The summed E-state index contributed by atoms with van der Waals surface area (Å²) in [5, 5.41) is 132. The monoisotopic (exact) mass is 1860 g/mol. The highest BCUT2D eigenvalue weighted by molar-refractivity contribution is 6.42. The molecular weight excluding hydrogens is 1770 g/mol. The quantitative estimate of drug-likeness (QED) is 0.0400. The normalized spacial score (nSPS) is 25.6. The number of phenols is 3. The van der Waals surface area contributed by atoms with Crippen molar-refractivity contribution in [3.63, 3.8) is 0 Å². The van der Waals surface area contributed by atoms with Crippen molar-refractivity contribution in [3.8, 4) is 57.1 Å². The van der Waals surface area contributed by atoms with Gasteiger partial charge in [-0.3, -0.25) is 57.4 Å². The van der Waals surface area contributed by atoms with Crippen LogP contribution in [0.4, 0.5) is 5.82 Å². The van der Waals surface area contributed by atoms with Gasteiger partial charge in [0.1, 0.15) is 101 Å². The molecule has 8 heterocycles. The molecule has 2 saturated heterocycles. The van der Waals surface area contributed by atoms with Crippen LogP contribution in [0.5, 0.6) is 46.0 Å². The van der Waals surface area contributed by atoms with Crippen molar-refractivity contribution in [1.29, 1.82) is 0 Å². The molecule has 7 aliphatic rings. The van der Waals surface area contributed by atoms with E-state index >= 15 is 24.0 Å². The fourth-order valence-corrected chi connectivity index (χ4v) is 15.9. The third-order valence-electron chi connectivity index (χ3n) is 21.8. The second-order valence-corrected chi connectivity index (χ2v) is 33.0. The Labute approximate surface area is 747 Å². The van der Waals surface area contributed by atoms with Gasteiger partial charge in [-0.1, -0.05) is 84.5 Å². The number of anilines is 1. The molecule has 7 aromatic rings. The van der Waals surface area contributed by atoms with Crippen LogP contribution in [0.3, 0.4) is 0 Å². The van der Waals surface area contributed by atoms with E-state index in [1.54, 1.807) is 26.8 Å². The summed E-state index contributed by atoms with van der Waals surface area (Å²) in [5.41, 5.74) is 3.15. The van der Waals surface area contributed by atoms with Crippen LogP contribution in [-0.4, -0.2) is 227 Å². The number of nitrogens with two attached hydrogens (primary N) is 1. The van der Waals surface area contributed by atoms with E-state index in [9.17, 15) is 74.7 Å². The van der Waals surface area contributed by atoms with Crippen LogP contribution in [0.2, 0.25) is 20.1 Å². The van der Waals surface area contributed by atoms with Crippen LogP contribution in [0.1, 0.15) is 111 Å². The van der Waals surface area contributed by atoms with E-state index in [0.29, 0.717) is 5.56 Å². The van der Waals surface area contributed by atoms with Gasteiger partial charge in [0.25, 0.3) is 5.91 Å². The lowest BCUT2D eigenvalue weighted by atomic mass is 9.85. The zero-order chi connectivity index (χ0) is 92.8. The minimum Gasteiger partial charge on any atom is -0.508 e. The Morgan fingerprint density at radius 1 is 0.688 bits per heavy atom. The number of rotatable bonds is 23. The molecule has 0 aliphatic carbocycles. The topological polar surface area (TPSA) is 611 Å². The number of aromatic hydroxyl groups is 3. The van der Waals surface area contributed by atoms with Gasteiger partial charge in [-0.25, -0.2) is 10.3 Å². The fourth-order valence-electron chi connectivity index (χ4n) is 15.1. The number of aromatic nitrogens is 2. The van der Waals surface area contributed by atoms with Gasteiger partial charge in [-0.2, -0.15) is 4.98 Å². The average molecular weight is 1860 g/mol. The molecule has 11 bridgehead atoms. The summed E-state index contributed by atoms with van der Waals surface area (Å²) in [5.74, 6) is -17.4. The number of aliphatic hydroxyl groups is 6. The number of aliphatic hydroxyl groups excluding tert-OH is 6. The van der Waals surface area contributed by atoms with Crippen LogP contribution in [0, 0.1) is 5.92 Å². The van der Waals surface area contributed by atoms with Crippen LogP contribution < -0.4 is 84.3 Å². The van der Waals surface area contributed by atoms with Gasteiger partial charge in [-0.05, 0) is 139 Å². The molecule has 1 unspecified atom stereocenters. The van der Waals surface area contributed by atoms with Crippen molar-refractivity contribution >= 4 is 111 Å². The molecule has 684 valence electrons. The lowest BCUT2D eigenvalue weighted by Crippen LogP contribution is -2.65. The van der Waals surface area contributed by atoms with E-state index in [4.69, 9.17) is 85.4 Å². The lowest BCUT2D eigenvalue weighted by Gasteiger charge is -2.48. The van der Waals surface area contributed by atoms with Gasteiger partial charge in [0, 0.05) is 55.5 Å². The predicted molar refractivity (Wildman–Crippen MR) is 451 cm³/mol. The van der Waals surface area contributed by atoms with Crippen molar-refractivity contribution in [2.75, 3.05) is 39.2 Å². The highest BCUT2D eigenvalue weighted by Crippen LogP contribution is 2.50. The Morgan fingerprint density at radius 3 is 1.98 bits per heavy atom. The van der Waals surface area contributed by atoms with E-state index in [0.717, 1.165) is 66.7 Å². The minimum atomic E-state index is -2.42. The number of carbonyl (C=O) groups is 10. The third-order valence-corrected chi connectivity index (χ3v) is 23.1. The second kappa shape index (κ2) is 40.8. The lowest BCUT2D eigenvalue weighted by molar-refractivity contribution is -0.334. The number of amides is 10. The summed E-state index contributed by atoms with van der Waals surface area (Å²) in [7, 11) is 2.71. The van der Waals surface area contributed by atoms with Crippen molar-refractivity contribution in [1.82, 2.24) is 62.9 Å². The summed E-state index contributed by atoms with van der Waals surface area (Å²) in [6.45, 7) is 4.71. The number of ether oxygens (including phenoxy) is 6. The second-order valence-electron chi connectivity index (χ2n) is 31.4. The molecule has 6 aromatic carbocycles. The molecule has 14 rings (SSSR count). The Balaban J connectivity index is 0.998. The Bertz CT molecular complexity index is 5510. The number of likely N-dealkylation sites (N-methyl/N-ethyl adjacent to an activating group) is 2. The third kappa shape index (κ3) is 21.9. The van der Waals surface area contributed by atoms with Gasteiger partial charge < -0.3 is 133 Å². The van der Waals surface area contributed by atoms with Crippen LogP contribution in [0.15, 0.2) is 114 Å². The maximum absolute atomic E-state index is 16.4. The number of fused-ring (bicyclic) bond motifs is 15. The zero-order valence-corrected chi connectivity index (χ0v) is 71.8. The Morgan fingerprint density at radius 2 is 1.34 bits per heavy atom. The predicted octanol–water partition coefficient (Wildman–Crippen LogP) is 1.19. The number of carbonyl (C=O) groups excluding carboxylic acids is 10. The van der Waals surface area contributed by atoms with Crippen LogP contribution >= 0.6 is 46.4 Å². The number of benzene rings is 6. The standard InChI is InChI=1S/C83H92Cl4N14O27/c1-33(2)19-47(89-5)74(114)98-65-67(109)37-9-13-51(45(86)23-37)124-53-25-39-26-54(71(53)128-81-72(70(112)69(111)55(31-102)126-81)127-60-30-83(4,73(113)34(3)123-60)91-16-18-101-17-15-57(94-82(101)121)93-58(107)21-35-7-11-43(84)44(85)20-35)125-52-14-10-38(24-46(52)87)68(110)66-79(119)97-64(80(120)100-122-32-59(108)90-6)42-27-40(103)28-50(105)61(42)41-22-36(8-12-49(41)104)62(76(116)99-66)96-77(117)63(39)95-75(115)48(29-56(88)106)92-78(65)118/h7-15,17,20,22-28,33-34,47-48,55,60,62-70,72-73,81,89,91,102-105,109-113H,16,18-19,21,29-32H2,1-6H3,(H2,88,106)(H,90,108)(H,92,118)(H,95,115)(H,96,117)(H,97,119)(H,98,114)(H,99,116)(H,100,120)(H,93,94,107,121)/t34?,47-,48+,55-,60+,62-,63-,64-,65-,66+,67-,68-,69-,70+,72-,73-,81+,83+/m1/s1. The smallest absolute Gasteiger partial charge is 0.349 e. The first-order valence-corrected chi connectivity index (χ1v) is 41.4. The number of hydroxylamine groups is 1. The Kier molecular flexibility index (Phi) is 30.4. The molecule has 0 spiro atoms. The van der Waals surface area contributed by atoms with Gasteiger partial charge in [-0.15, -0.1) is 0 Å². The molecule has 10 amide bonds.